The zero-order valence-corrected chi connectivity index (χ0v) is 10.2. The smallest absolute Gasteiger partial charge is 0.267 e. The molecule has 1 N–H and O–H groups in total. The predicted molar refractivity (Wildman–Crippen MR) is 62.0 cm³/mol. The second-order valence-electron chi connectivity index (χ2n) is 4.29. The Morgan fingerprint density at radius 1 is 1.69 bits per heavy atom. The van der Waals surface area contributed by atoms with Crippen molar-refractivity contribution in [1.82, 2.24) is 4.90 Å². The van der Waals surface area contributed by atoms with Crippen LogP contribution in [0.5, 0.6) is 5.75 Å². The highest BCUT2D eigenvalue weighted by Gasteiger charge is 2.35. The van der Waals surface area contributed by atoms with Crippen molar-refractivity contribution in [3.05, 3.63) is 16.3 Å². The van der Waals surface area contributed by atoms with E-state index in [4.69, 9.17) is 4.74 Å². The fraction of sp³-hybridized carbons (Fsp3) is 0.545. The van der Waals surface area contributed by atoms with Crippen LogP contribution in [0.3, 0.4) is 0 Å². The highest BCUT2D eigenvalue weighted by atomic mass is 32.1. The highest BCUT2D eigenvalue weighted by molar-refractivity contribution is 7.12. The molecular weight excluding hydrogens is 226 g/mol. The lowest BCUT2D eigenvalue weighted by Crippen LogP contribution is -2.33. The van der Waals surface area contributed by atoms with E-state index in [9.17, 15) is 9.90 Å². The van der Waals surface area contributed by atoms with Gasteiger partial charge in [-0.25, -0.2) is 0 Å². The lowest BCUT2D eigenvalue weighted by molar-refractivity contribution is 0.0573. The van der Waals surface area contributed by atoms with Gasteiger partial charge >= 0.3 is 0 Å². The molecule has 1 unspecified atom stereocenters. The summed E-state index contributed by atoms with van der Waals surface area (Å²) in [6, 6.07) is 1.78. The first-order valence-electron chi connectivity index (χ1n) is 5.17. The summed E-state index contributed by atoms with van der Waals surface area (Å²) in [5, 5.41) is 11.6. The number of likely N-dealkylation sites (tertiary alicyclic amines) is 1. The minimum absolute atomic E-state index is 0.0513. The molecule has 1 atom stereocenters. The summed E-state index contributed by atoms with van der Waals surface area (Å²) < 4.78 is 5.12. The quantitative estimate of drug-likeness (QED) is 0.850. The van der Waals surface area contributed by atoms with E-state index < -0.39 is 5.60 Å². The molecular formula is C11H15NO3S. The van der Waals surface area contributed by atoms with Crippen LogP contribution in [0.25, 0.3) is 0 Å². The molecule has 16 heavy (non-hydrogen) atoms. The molecule has 4 nitrogen and oxygen atoms in total. The van der Waals surface area contributed by atoms with Gasteiger partial charge in [-0.3, -0.25) is 4.79 Å². The van der Waals surface area contributed by atoms with E-state index >= 15 is 0 Å². The van der Waals surface area contributed by atoms with E-state index in [0.717, 1.165) is 0 Å². The molecule has 1 aromatic rings. The van der Waals surface area contributed by atoms with Crippen LogP contribution in [0, 0.1) is 0 Å². The number of amides is 1. The average Bonchev–Trinajstić information content (AvgIpc) is 2.82. The zero-order chi connectivity index (χ0) is 11.8. The molecule has 1 aliphatic heterocycles. The molecule has 88 valence electrons. The van der Waals surface area contributed by atoms with Gasteiger partial charge < -0.3 is 14.7 Å². The molecule has 0 aromatic carbocycles. The van der Waals surface area contributed by atoms with Gasteiger partial charge in [0.05, 0.1) is 12.7 Å². The number of nitrogens with zero attached hydrogens (tertiary/aromatic N) is 1. The first kappa shape index (κ1) is 11.4. The first-order chi connectivity index (χ1) is 7.53. The average molecular weight is 241 g/mol. The number of hydrogen-bond acceptors (Lipinski definition) is 4. The Labute approximate surface area is 98.4 Å². The molecule has 2 rings (SSSR count). The van der Waals surface area contributed by atoms with Crippen molar-refractivity contribution in [3.8, 4) is 5.75 Å². The number of methoxy groups -OCH3 is 1. The Kier molecular flexibility index (Phi) is 2.90. The van der Waals surface area contributed by atoms with Gasteiger partial charge in [-0.2, -0.15) is 0 Å². The van der Waals surface area contributed by atoms with Crippen molar-refractivity contribution in [2.45, 2.75) is 18.9 Å². The summed E-state index contributed by atoms with van der Waals surface area (Å²) in [5.74, 6) is 0.561. The lowest BCUT2D eigenvalue weighted by atomic mass is 10.1. The number of aliphatic hydroxyl groups is 1. The topological polar surface area (TPSA) is 49.8 Å². The molecule has 2 heterocycles. The minimum Gasteiger partial charge on any atom is -0.495 e. The van der Waals surface area contributed by atoms with Crippen molar-refractivity contribution >= 4 is 17.2 Å². The van der Waals surface area contributed by atoms with Crippen molar-refractivity contribution < 1.29 is 14.6 Å². The first-order valence-corrected chi connectivity index (χ1v) is 6.04. The lowest BCUT2D eigenvalue weighted by Gasteiger charge is -2.18. The predicted octanol–water partition coefficient (Wildman–Crippen LogP) is 1.35. The third kappa shape index (κ3) is 2.05. The molecule has 1 amide bonds. The third-order valence-corrected chi connectivity index (χ3v) is 3.67. The normalized spacial score (nSPS) is 24.8. The van der Waals surface area contributed by atoms with Crippen LogP contribution in [0.1, 0.15) is 23.0 Å². The SMILES string of the molecule is COc1ccsc1C(=O)N1CCC(C)(O)C1. The maximum Gasteiger partial charge on any atom is 0.267 e. The van der Waals surface area contributed by atoms with E-state index in [-0.39, 0.29) is 5.91 Å². The Morgan fingerprint density at radius 2 is 2.44 bits per heavy atom. The van der Waals surface area contributed by atoms with E-state index in [1.807, 2.05) is 5.38 Å². The van der Waals surface area contributed by atoms with Crippen LogP contribution in [0.15, 0.2) is 11.4 Å². The van der Waals surface area contributed by atoms with E-state index in [2.05, 4.69) is 0 Å². The monoisotopic (exact) mass is 241 g/mol. The van der Waals surface area contributed by atoms with Crippen LogP contribution >= 0.6 is 11.3 Å². The molecule has 0 radical (unpaired) electrons. The minimum atomic E-state index is -0.750. The number of rotatable bonds is 2. The largest absolute Gasteiger partial charge is 0.495 e. The second kappa shape index (κ2) is 4.07. The molecule has 0 aliphatic carbocycles. The number of carbonyl (C=O) groups is 1. The molecule has 1 fully saturated rings. The summed E-state index contributed by atoms with van der Waals surface area (Å²) in [6.45, 7) is 2.76. The molecule has 5 heteroatoms. The number of carbonyl (C=O) groups excluding carboxylic acids is 1. The molecule has 0 bridgehead atoms. The summed E-state index contributed by atoms with van der Waals surface area (Å²) in [7, 11) is 1.55. The Hall–Kier alpha value is -1.07. The number of hydrogen-bond donors (Lipinski definition) is 1. The number of β-amino-alcohol motifs (C(OH)–C–C–N with tert-alkyl or cyclic N) is 1. The fourth-order valence-electron chi connectivity index (χ4n) is 1.88. The van der Waals surface area contributed by atoms with Crippen LogP contribution in [0.4, 0.5) is 0 Å². The van der Waals surface area contributed by atoms with Gasteiger partial charge in [0.2, 0.25) is 0 Å². The van der Waals surface area contributed by atoms with Gasteiger partial charge in [-0.05, 0) is 24.8 Å². The third-order valence-electron chi connectivity index (χ3n) is 2.78. The van der Waals surface area contributed by atoms with Crippen LogP contribution in [-0.4, -0.2) is 41.7 Å². The van der Waals surface area contributed by atoms with E-state index in [1.54, 1.807) is 25.0 Å². The maximum absolute atomic E-state index is 12.1. The highest BCUT2D eigenvalue weighted by Crippen LogP contribution is 2.29. The molecule has 0 saturated carbocycles. The van der Waals surface area contributed by atoms with Gasteiger partial charge in [-0.1, -0.05) is 0 Å². The Morgan fingerprint density at radius 3 is 3.00 bits per heavy atom. The summed E-state index contributed by atoms with van der Waals surface area (Å²) >= 11 is 1.37. The van der Waals surface area contributed by atoms with Crippen LogP contribution in [0.2, 0.25) is 0 Å². The Balaban J connectivity index is 2.15. The molecule has 1 aromatic heterocycles. The molecule has 1 aliphatic rings. The van der Waals surface area contributed by atoms with Gasteiger partial charge in [-0.15, -0.1) is 11.3 Å². The van der Waals surface area contributed by atoms with Crippen LogP contribution in [-0.2, 0) is 0 Å². The van der Waals surface area contributed by atoms with Crippen molar-refractivity contribution in [1.29, 1.82) is 0 Å². The van der Waals surface area contributed by atoms with E-state index in [1.165, 1.54) is 11.3 Å². The van der Waals surface area contributed by atoms with Crippen molar-refractivity contribution in [2.75, 3.05) is 20.2 Å². The summed E-state index contributed by atoms with van der Waals surface area (Å²) in [4.78, 5) is 14.4. The van der Waals surface area contributed by atoms with Crippen LogP contribution < -0.4 is 4.74 Å². The van der Waals surface area contributed by atoms with Gasteiger partial charge in [0.15, 0.2) is 0 Å². The maximum atomic E-state index is 12.1. The zero-order valence-electron chi connectivity index (χ0n) is 9.40. The number of ether oxygens (including phenoxy) is 1. The van der Waals surface area contributed by atoms with E-state index in [0.29, 0.717) is 30.1 Å². The summed E-state index contributed by atoms with van der Waals surface area (Å²) in [6.07, 6.45) is 0.631. The van der Waals surface area contributed by atoms with Crippen molar-refractivity contribution in [2.24, 2.45) is 0 Å². The summed E-state index contributed by atoms with van der Waals surface area (Å²) in [5.41, 5.74) is -0.750. The Bertz CT molecular complexity index is 400. The fourth-order valence-corrected chi connectivity index (χ4v) is 2.70. The molecule has 1 saturated heterocycles. The number of thiophene rings is 1. The second-order valence-corrected chi connectivity index (χ2v) is 5.21. The standard InChI is InChI=1S/C11H15NO3S/c1-11(14)4-5-12(7-11)10(13)9-8(15-2)3-6-16-9/h3,6,14H,4-5,7H2,1-2H3. The van der Waals surface area contributed by atoms with Crippen molar-refractivity contribution in [3.63, 3.8) is 0 Å². The molecule has 0 spiro atoms. The van der Waals surface area contributed by atoms with Gasteiger partial charge in [0.1, 0.15) is 10.6 Å². The van der Waals surface area contributed by atoms with Gasteiger partial charge in [0, 0.05) is 13.1 Å². The van der Waals surface area contributed by atoms with Gasteiger partial charge in [0.25, 0.3) is 5.91 Å².